The van der Waals surface area contributed by atoms with E-state index in [2.05, 4.69) is 29.2 Å². The largest absolute Gasteiger partial charge is 0.481 e. The van der Waals surface area contributed by atoms with E-state index in [0.717, 1.165) is 10.8 Å². The molecule has 1 heterocycles. The van der Waals surface area contributed by atoms with Gasteiger partial charge in [-0.05, 0) is 44.3 Å². The van der Waals surface area contributed by atoms with E-state index in [0.29, 0.717) is 30.2 Å². The molecule has 1 aromatic heterocycles. The first-order chi connectivity index (χ1) is 11.1. The minimum absolute atomic E-state index is 0.162. The molecule has 1 N–H and O–H groups in total. The molecule has 3 rings (SSSR count). The fourth-order valence-corrected chi connectivity index (χ4v) is 2.76. The van der Waals surface area contributed by atoms with E-state index in [1.165, 1.54) is 12.8 Å². The van der Waals surface area contributed by atoms with Crippen LogP contribution < -0.4 is 10.1 Å². The monoisotopic (exact) mass is 313 g/mol. The molecule has 0 bridgehead atoms. The lowest BCUT2D eigenvalue weighted by Crippen LogP contribution is -2.41. The van der Waals surface area contributed by atoms with Crippen molar-refractivity contribution >= 4 is 16.7 Å². The van der Waals surface area contributed by atoms with Crippen LogP contribution in [0.15, 0.2) is 30.3 Å². The van der Waals surface area contributed by atoms with Crippen LogP contribution in [0.4, 0.5) is 0 Å². The number of likely N-dealkylation sites (N-methyl/N-ethyl adjacent to an activating group) is 1. The third-order valence-electron chi connectivity index (χ3n) is 4.51. The topological polar surface area (TPSA) is 54.5 Å². The van der Waals surface area contributed by atoms with Gasteiger partial charge in [0.15, 0.2) is 0 Å². The summed E-state index contributed by atoms with van der Waals surface area (Å²) in [7, 11) is 3.69. The second-order valence-corrected chi connectivity index (χ2v) is 6.19. The number of ether oxygens (including phenoxy) is 1. The summed E-state index contributed by atoms with van der Waals surface area (Å²) in [6.07, 6.45) is 2.52. The number of rotatable bonds is 6. The van der Waals surface area contributed by atoms with E-state index in [1.807, 2.05) is 30.3 Å². The molecular weight excluding hydrogens is 290 g/mol. The van der Waals surface area contributed by atoms with Crippen molar-refractivity contribution in [2.45, 2.75) is 31.8 Å². The Hall–Kier alpha value is -2.14. The molecule has 1 amide bonds. The van der Waals surface area contributed by atoms with E-state index in [1.54, 1.807) is 7.11 Å². The number of hydrogen-bond acceptors (Lipinski definition) is 4. The number of nitrogens with zero attached hydrogens (tertiary/aromatic N) is 2. The third kappa shape index (κ3) is 3.45. The molecular formula is C18H23N3O2. The number of methoxy groups -OCH3 is 1. The first kappa shape index (κ1) is 15.7. The zero-order valence-electron chi connectivity index (χ0n) is 13.9. The van der Waals surface area contributed by atoms with Gasteiger partial charge in [0.1, 0.15) is 5.69 Å². The van der Waals surface area contributed by atoms with Crippen molar-refractivity contribution in [2.24, 2.45) is 0 Å². The van der Waals surface area contributed by atoms with Crippen LogP contribution in [-0.4, -0.2) is 48.6 Å². The zero-order chi connectivity index (χ0) is 16.4. The van der Waals surface area contributed by atoms with Crippen molar-refractivity contribution < 1.29 is 9.53 Å². The van der Waals surface area contributed by atoms with Crippen LogP contribution in [0, 0.1) is 0 Å². The van der Waals surface area contributed by atoms with Crippen molar-refractivity contribution in [1.82, 2.24) is 15.2 Å². The highest BCUT2D eigenvalue weighted by molar-refractivity contribution is 5.98. The molecule has 5 heteroatoms. The molecule has 1 aliphatic rings. The van der Waals surface area contributed by atoms with Crippen molar-refractivity contribution in [3.63, 3.8) is 0 Å². The summed E-state index contributed by atoms with van der Waals surface area (Å²) >= 11 is 0. The number of amides is 1. The van der Waals surface area contributed by atoms with Gasteiger partial charge in [0.25, 0.3) is 5.91 Å². The summed E-state index contributed by atoms with van der Waals surface area (Å²) in [6.45, 7) is 2.75. The molecule has 23 heavy (non-hydrogen) atoms. The number of aromatic nitrogens is 1. The smallest absolute Gasteiger partial charge is 0.270 e. The van der Waals surface area contributed by atoms with Crippen molar-refractivity contribution in [1.29, 1.82) is 0 Å². The van der Waals surface area contributed by atoms with E-state index in [-0.39, 0.29) is 5.91 Å². The highest BCUT2D eigenvalue weighted by Crippen LogP contribution is 2.27. The zero-order valence-corrected chi connectivity index (χ0v) is 13.9. The number of carbonyl (C=O) groups is 1. The molecule has 2 aromatic rings. The van der Waals surface area contributed by atoms with Gasteiger partial charge in [-0.15, -0.1) is 0 Å². The number of benzene rings is 1. The summed E-state index contributed by atoms with van der Waals surface area (Å²) in [5.74, 6) is 0.321. The van der Waals surface area contributed by atoms with Gasteiger partial charge < -0.3 is 10.1 Å². The minimum atomic E-state index is -0.162. The second kappa shape index (κ2) is 6.54. The van der Waals surface area contributed by atoms with E-state index in [4.69, 9.17) is 4.74 Å². The predicted molar refractivity (Wildman–Crippen MR) is 90.9 cm³/mol. The number of fused-ring (bicyclic) bond motifs is 1. The van der Waals surface area contributed by atoms with Gasteiger partial charge in [0.2, 0.25) is 5.88 Å². The summed E-state index contributed by atoms with van der Waals surface area (Å²) in [6, 6.07) is 10.6. The first-order valence-corrected chi connectivity index (χ1v) is 8.04. The maximum Gasteiger partial charge on any atom is 0.270 e. The number of nitrogens with one attached hydrogen (secondary N) is 1. The van der Waals surface area contributed by atoms with Crippen LogP contribution >= 0.6 is 0 Å². The van der Waals surface area contributed by atoms with Crippen LogP contribution in [0.2, 0.25) is 0 Å². The average Bonchev–Trinajstić information content (AvgIpc) is 3.42. The Bertz CT molecular complexity index is 712. The first-order valence-electron chi connectivity index (χ1n) is 8.04. The number of carbonyl (C=O) groups excluding carboxylic acids is 1. The Morgan fingerprint density at radius 2 is 2.17 bits per heavy atom. The molecule has 0 unspecified atom stereocenters. The van der Waals surface area contributed by atoms with Gasteiger partial charge in [0.05, 0.1) is 7.11 Å². The molecule has 0 spiro atoms. The molecule has 1 saturated carbocycles. The Kier molecular flexibility index (Phi) is 4.48. The van der Waals surface area contributed by atoms with Crippen molar-refractivity contribution in [3.8, 4) is 5.88 Å². The van der Waals surface area contributed by atoms with Gasteiger partial charge in [0, 0.05) is 24.0 Å². The van der Waals surface area contributed by atoms with Crippen molar-refractivity contribution in [2.75, 3.05) is 20.7 Å². The Balaban J connectivity index is 1.72. The summed E-state index contributed by atoms with van der Waals surface area (Å²) in [4.78, 5) is 19.1. The third-order valence-corrected chi connectivity index (χ3v) is 4.51. The maximum absolute atomic E-state index is 12.4. The normalized spacial score (nSPS) is 15.7. The standard InChI is InChI=1S/C18H23N3O2/c1-12(21(2)14-8-9-14)11-19-17(22)16-10-13-6-4-5-7-15(13)18(20-16)23-3/h4-7,10,12,14H,8-9,11H2,1-3H3,(H,19,22)/t12-/m1/s1. The van der Waals surface area contributed by atoms with Gasteiger partial charge in [-0.25, -0.2) is 4.98 Å². The minimum Gasteiger partial charge on any atom is -0.481 e. The lowest BCUT2D eigenvalue weighted by molar-refractivity contribution is 0.0934. The Labute approximate surface area is 136 Å². The SMILES string of the molecule is COc1nc(C(=O)NC[C@@H](C)N(C)C2CC2)cc2ccccc12. The molecule has 5 nitrogen and oxygen atoms in total. The molecule has 0 saturated heterocycles. The predicted octanol–water partition coefficient (Wildman–Crippen LogP) is 2.46. The quantitative estimate of drug-likeness (QED) is 0.890. The molecule has 1 aliphatic carbocycles. The summed E-state index contributed by atoms with van der Waals surface area (Å²) in [5, 5.41) is 4.84. The Morgan fingerprint density at radius 3 is 2.87 bits per heavy atom. The van der Waals surface area contributed by atoms with Gasteiger partial charge in [-0.2, -0.15) is 0 Å². The summed E-state index contributed by atoms with van der Waals surface area (Å²) < 4.78 is 5.32. The molecule has 1 atom stereocenters. The van der Waals surface area contributed by atoms with Crippen LogP contribution in [0.1, 0.15) is 30.3 Å². The molecule has 1 fully saturated rings. The molecule has 0 aliphatic heterocycles. The fraction of sp³-hybridized carbons (Fsp3) is 0.444. The van der Waals surface area contributed by atoms with Gasteiger partial charge in [-0.1, -0.05) is 18.2 Å². The number of pyridine rings is 1. The lowest BCUT2D eigenvalue weighted by Gasteiger charge is -2.24. The van der Waals surface area contributed by atoms with E-state index < -0.39 is 0 Å². The summed E-state index contributed by atoms with van der Waals surface area (Å²) in [5.41, 5.74) is 0.391. The van der Waals surface area contributed by atoms with Crippen LogP contribution in [0.5, 0.6) is 5.88 Å². The van der Waals surface area contributed by atoms with Crippen LogP contribution in [0.3, 0.4) is 0 Å². The van der Waals surface area contributed by atoms with Gasteiger partial charge in [-0.3, -0.25) is 9.69 Å². The second-order valence-electron chi connectivity index (χ2n) is 6.19. The number of hydrogen-bond donors (Lipinski definition) is 1. The molecule has 1 aromatic carbocycles. The van der Waals surface area contributed by atoms with Crippen molar-refractivity contribution in [3.05, 3.63) is 36.0 Å². The lowest BCUT2D eigenvalue weighted by atomic mass is 10.1. The highest BCUT2D eigenvalue weighted by atomic mass is 16.5. The molecule has 0 radical (unpaired) electrons. The van der Waals surface area contributed by atoms with E-state index >= 15 is 0 Å². The maximum atomic E-state index is 12.4. The van der Waals surface area contributed by atoms with Crippen LogP contribution in [-0.2, 0) is 0 Å². The van der Waals surface area contributed by atoms with Crippen LogP contribution in [0.25, 0.3) is 10.8 Å². The highest BCUT2D eigenvalue weighted by Gasteiger charge is 2.29. The molecule has 122 valence electrons. The average molecular weight is 313 g/mol. The Morgan fingerprint density at radius 1 is 1.43 bits per heavy atom. The van der Waals surface area contributed by atoms with E-state index in [9.17, 15) is 4.79 Å². The van der Waals surface area contributed by atoms with Gasteiger partial charge >= 0.3 is 0 Å². The fourth-order valence-electron chi connectivity index (χ4n) is 2.76.